The van der Waals surface area contributed by atoms with E-state index in [9.17, 15) is 40.3 Å². The van der Waals surface area contributed by atoms with Gasteiger partial charge in [-0.2, -0.15) is 13.9 Å². The van der Waals surface area contributed by atoms with Crippen LogP contribution in [0.4, 0.5) is 36.6 Å². The minimum atomic E-state index is -3.86. The van der Waals surface area contributed by atoms with Crippen molar-refractivity contribution in [1.82, 2.24) is 20.1 Å². The molecule has 4 N–H and O–H groups in total. The maximum Gasteiger partial charge on any atom is 0.292 e. The summed E-state index contributed by atoms with van der Waals surface area (Å²) in [5.74, 6) is -6.41. The summed E-state index contributed by atoms with van der Waals surface area (Å²) >= 11 is 6.54. The normalized spacial score (nSPS) is 20.6. The first kappa shape index (κ1) is 42.3. The first-order chi connectivity index (χ1) is 27.1. The molecule has 0 bridgehead atoms. The van der Waals surface area contributed by atoms with E-state index in [-0.39, 0.29) is 49.8 Å². The fourth-order valence-corrected chi connectivity index (χ4v) is 7.71. The summed E-state index contributed by atoms with van der Waals surface area (Å²) in [7, 11) is -2.38. The van der Waals surface area contributed by atoms with Crippen LogP contribution in [0.2, 0.25) is 5.02 Å². The molecule has 0 radical (unpaired) electrons. The van der Waals surface area contributed by atoms with Crippen molar-refractivity contribution in [3.63, 3.8) is 0 Å². The number of aryl methyl sites for hydroxylation is 1. The number of pyridine rings is 1. The number of carbonyl (C=O) groups excluding carboxylic acids is 1. The molecule has 5 unspecified atom stereocenters. The molecule has 0 spiro atoms. The molecule has 2 aliphatic carbocycles. The van der Waals surface area contributed by atoms with Crippen molar-refractivity contribution in [1.29, 1.82) is 5.41 Å². The van der Waals surface area contributed by atoms with E-state index < -0.39 is 100 Å². The van der Waals surface area contributed by atoms with Crippen LogP contribution in [-0.2, 0) is 28.3 Å². The van der Waals surface area contributed by atoms with E-state index in [2.05, 4.69) is 37.0 Å². The van der Waals surface area contributed by atoms with Gasteiger partial charge in [0.25, 0.3) is 12.3 Å². The SMILES string of the molecule is Cn1nc(NS(C)(=O)=O)c2c(Cl)ccc(-c3ccc(C#CC(C)(O)CF)nc3C(Cc3cc(F)cc(F)c3)NC(=O)CN=C3C(C(=N)C(F)F)C4C=CC4C3(F)F)c21. The molecule has 1 saturated carbocycles. The van der Waals surface area contributed by atoms with E-state index in [4.69, 9.17) is 17.0 Å². The van der Waals surface area contributed by atoms with Crippen molar-refractivity contribution in [3.05, 3.63) is 88.2 Å². The molecule has 4 aromatic rings. The van der Waals surface area contributed by atoms with Crippen molar-refractivity contribution in [2.24, 2.45) is 29.8 Å². The van der Waals surface area contributed by atoms with Gasteiger partial charge < -0.3 is 15.8 Å². The molecule has 306 valence electrons. The number of carbonyl (C=O) groups is 1. The van der Waals surface area contributed by atoms with Crippen molar-refractivity contribution >= 4 is 55.7 Å². The van der Waals surface area contributed by atoms with E-state index in [0.29, 0.717) is 6.07 Å². The highest BCUT2D eigenvalue weighted by molar-refractivity contribution is 7.92. The Labute approximate surface area is 332 Å². The number of fused-ring (bicyclic) bond motifs is 2. The molecule has 11 nitrogen and oxygen atoms in total. The Hall–Kier alpha value is -5.32. The first-order valence-corrected chi connectivity index (χ1v) is 19.5. The number of halogens is 8. The van der Waals surface area contributed by atoms with Crippen LogP contribution in [0.5, 0.6) is 0 Å². The van der Waals surface area contributed by atoms with Crippen molar-refractivity contribution < 1.29 is 49.1 Å². The molecule has 2 aromatic carbocycles. The Balaban J connectivity index is 1.51. The number of aliphatic hydroxyl groups is 1. The zero-order valence-corrected chi connectivity index (χ0v) is 32.2. The zero-order chi connectivity index (χ0) is 42.5. The Morgan fingerprint density at radius 1 is 1.14 bits per heavy atom. The highest BCUT2D eigenvalue weighted by atomic mass is 35.5. The van der Waals surface area contributed by atoms with Gasteiger partial charge in [-0.25, -0.2) is 35.4 Å². The number of rotatable bonds is 12. The first-order valence-electron chi connectivity index (χ1n) is 17.3. The van der Waals surface area contributed by atoms with E-state index in [1.807, 2.05) is 0 Å². The minimum absolute atomic E-state index is 0.0180. The molecule has 2 heterocycles. The summed E-state index contributed by atoms with van der Waals surface area (Å²) in [6.07, 6.45) is -0.475. The van der Waals surface area contributed by atoms with Gasteiger partial charge in [0.2, 0.25) is 15.9 Å². The number of nitrogens with zero attached hydrogens (tertiary/aromatic N) is 4. The Morgan fingerprint density at radius 2 is 1.81 bits per heavy atom. The fourth-order valence-electron chi connectivity index (χ4n) is 6.98. The van der Waals surface area contributed by atoms with Crippen LogP contribution in [0.1, 0.15) is 29.9 Å². The number of aromatic nitrogens is 3. The van der Waals surface area contributed by atoms with Gasteiger partial charge in [-0.05, 0) is 55.2 Å². The van der Waals surface area contributed by atoms with Gasteiger partial charge in [-0.1, -0.05) is 35.7 Å². The predicted molar refractivity (Wildman–Crippen MR) is 202 cm³/mol. The quantitative estimate of drug-likeness (QED) is 0.0574. The molecule has 1 fully saturated rings. The number of amides is 1. The molecule has 0 aliphatic heterocycles. The smallest absolute Gasteiger partial charge is 0.292 e. The van der Waals surface area contributed by atoms with Crippen molar-refractivity contribution in [2.45, 2.75) is 37.3 Å². The van der Waals surface area contributed by atoms with Crippen LogP contribution in [0.25, 0.3) is 22.0 Å². The van der Waals surface area contributed by atoms with Gasteiger partial charge in [0, 0.05) is 30.2 Å². The second-order valence-electron chi connectivity index (χ2n) is 14.1. The zero-order valence-electron chi connectivity index (χ0n) is 30.6. The van der Waals surface area contributed by atoms with E-state index in [0.717, 1.165) is 31.4 Å². The Morgan fingerprint density at radius 3 is 2.41 bits per heavy atom. The Bertz CT molecular complexity index is 2550. The number of hydrogen-bond donors (Lipinski definition) is 4. The van der Waals surface area contributed by atoms with Gasteiger partial charge in [0.05, 0.1) is 57.2 Å². The van der Waals surface area contributed by atoms with Gasteiger partial charge in [0.15, 0.2) is 11.4 Å². The number of hydrogen-bond acceptors (Lipinski definition) is 8. The molecular weight excluding hydrogens is 819 g/mol. The molecule has 2 aliphatic rings. The van der Waals surface area contributed by atoms with Gasteiger partial charge in [-0.15, -0.1) is 0 Å². The molecule has 0 saturated heterocycles. The summed E-state index contributed by atoms with van der Waals surface area (Å²) in [6, 6.07) is 6.92. The number of benzene rings is 2. The summed E-state index contributed by atoms with van der Waals surface area (Å²) in [5.41, 5.74) is -3.92. The number of nitrogens with one attached hydrogen (secondary N) is 3. The standard InChI is InChI=1S/C38H33ClF7N7O4S/c1-37(55,17-40)11-10-21-4-5-22(23-7-9-26(39)30-33(23)53(2)51-36(30)52-58(3,56)57)32(49-21)27(14-18-12-19(41)15-20(42)13-18)50-28(54)16-48-34-29(31(47)35(43)44)24-6-8-25(24)38(34,45)46/h4-9,12-13,15,24-25,27,29,35,47,55H,14,16-17H2,1-3H3,(H,50,54)(H,51,52). The molecular formula is C38H33ClF7N7O4S. The number of sulfonamides is 1. The second-order valence-corrected chi connectivity index (χ2v) is 16.3. The van der Waals surface area contributed by atoms with Crippen LogP contribution >= 0.6 is 11.6 Å². The summed E-state index contributed by atoms with van der Waals surface area (Å²) < 4.78 is 129. The van der Waals surface area contributed by atoms with Gasteiger partial charge in [0.1, 0.15) is 30.5 Å². The third-order valence-electron chi connectivity index (χ3n) is 9.54. The van der Waals surface area contributed by atoms with Gasteiger partial charge in [-0.3, -0.25) is 19.2 Å². The molecule has 6 rings (SSSR count). The predicted octanol–water partition coefficient (Wildman–Crippen LogP) is 6.20. The number of allylic oxidation sites excluding steroid dienone is 2. The van der Waals surface area contributed by atoms with Crippen LogP contribution in [0, 0.1) is 46.6 Å². The monoisotopic (exact) mass is 851 g/mol. The Kier molecular flexibility index (Phi) is 11.5. The lowest BCUT2D eigenvalue weighted by Crippen LogP contribution is -2.37. The molecule has 2 aromatic heterocycles. The third-order valence-corrected chi connectivity index (χ3v) is 10.4. The minimum Gasteiger partial charge on any atom is -0.375 e. The number of alkyl halides is 5. The largest absolute Gasteiger partial charge is 0.375 e. The average Bonchev–Trinajstić information content (AvgIpc) is 3.50. The summed E-state index contributed by atoms with van der Waals surface area (Å²) in [5, 5.41) is 25.2. The second kappa shape index (κ2) is 15.8. The molecule has 1 amide bonds. The van der Waals surface area contributed by atoms with Gasteiger partial charge >= 0.3 is 0 Å². The highest BCUT2D eigenvalue weighted by Gasteiger charge is 2.63. The maximum atomic E-state index is 15.4. The van der Waals surface area contributed by atoms with Crippen LogP contribution in [0.15, 0.2) is 59.6 Å². The van der Waals surface area contributed by atoms with Crippen LogP contribution in [0.3, 0.4) is 0 Å². The summed E-state index contributed by atoms with van der Waals surface area (Å²) in [6.45, 7) is -1.19. The van der Waals surface area contributed by atoms with Crippen LogP contribution < -0.4 is 10.0 Å². The molecule has 5 atom stereocenters. The molecule has 20 heteroatoms. The lowest BCUT2D eigenvalue weighted by atomic mass is 9.78. The van der Waals surface area contributed by atoms with Crippen LogP contribution in [-0.4, -0.2) is 83.0 Å². The van der Waals surface area contributed by atoms with E-state index >= 15 is 8.78 Å². The average molecular weight is 852 g/mol. The number of aliphatic imine (C=N–C) groups is 1. The summed E-state index contributed by atoms with van der Waals surface area (Å²) in [4.78, 5) is 22.1. The maximum absolute atomic E-state index is 15.4. The number of anilines is 1. The highest BCUT2D eigenvalue weighted by Crippen LogP contribution is 2.53. The van der Waals surface area contributed by atoms with Crippen molar-refractivity contribution in [2.75, 3.05) is 24.2 Å². The topological polar surface area (TPSA) is 162 Å². The van der Waals surface area contributed by atoms with Crippen molar-refractivity contribution in [3.8, 4) is 23.0 Å². The molecule has 58 heavy (non-hydrogen) atoms. The van der Waals surface area contributed by atoms with E-state index in [1.54, 1.807) is 0 Å². The van der Waals surface area contributed by atoms with E-state index in [1.165, 1.54) is 42.1 Å². The fraction of sp³-hybridized carbons (Fsp3) is 0.342. The third kappa shape index (κ3) is 8.59. The lowest BCUT2D eigenvalue weighted by Gasteiger charge is -2.27. The lowest BCUT2D eigenvalue weighted by molar-refractivity contribution is -0.120.